The van der Waals surface area contributed by atoms with Crippen molar-refractivity contribution in [3.05, 3.63) is 97.9 Å². The lowest BCUT2D eigenvalue weighted by Gasteiger charge is -2.41. The Hall–Kier alpha value is -1.41. The Morgan fingerprint density at radius 3 is 2.21 bits per heavy atom. The Labute approximate surface area is 219 Å². The van der Waals surface area contributed by atoms with Crippen LogP contribution >= 0.6 is 55.1 Å². The number of nitrogens with zero attached hydrogens (tertiary/aromatic N) is 1. The molecule has 1 aliphatic heterocycles. The minimum Gasteiger partial charge on any atom is -0.396 e. The van der Waals surface area contributed by atoms with Crippen molar-refractivity contribution in [1.29, 1.82) is 0 Å². The van der Waals surface area contributed by atoms with Crippen LogP contribution < -0.4 is 4.90 Å². The number of ether oxygens (including phenoxy) is 1. The molecule has 4 nitrogen and oxygen atoms in total. The largest absolute Gasteiger partial charge is 0.396 e. The molecule has 0 spiro atoms. The van der Waals surface area contributed by atoms with Crippen LogP contribution in [0, 0.1) is 5.41 Å². The Balaban J connectivity index is 1.99. The predicted octanol–water partition coefficient (Wildman–Crippen LogP) is 7.03. The second kappa shape index (κ2) is 9.68. The molecule has 0 aromatic heterocycles. The normalized spacial score (nSPS) is 19.5. The first-order valence-electron chi connectivity index (χ1n) is 10.2. The van der Waals surface area contributed by atoms with Gasteiger partial charge in [-0.1, -0.05) is 80.2 Å². The number of amides is 1. The van der Waals surface area contributed by atoms with Gasteiger partial charge >= 0.3 is 0 Å². The van der Waals surface area contributed by atoms with Crippen LogP contribution in [0.3, 0.4) is 0 Å². The van der Waals surface area contributed by atoms with Crippen LogP contribution in [-0.2, 0) is 10.5 Å². The van der Waals surface area contributed by atoms with Crippen molar-refractivity contribution in [2.24, 2.45) is 5.41 Å². The molecule has 1 N–H and O–H groups in total. The summed E-state index contributed by atoms with van der Waals surface area (Å²) < 4.78 is 7.51. The van der Waals surface area contributed by atoms with Crippen molar-refractivity contribution in [1.82, 2.24) is 0 Å². The Kier molecular flexibility index (Phi) is 7.25. The Morgan fingerprint density at radius 1 is 1.03 bits per heavy atom. The molecule has 0 radical (unpaired) electrons. The summed E-state index contributed by atoms with van der Waals surface area (Å²) in [6, 6.07) is 19.9. The number of hydrogen-bond acceptors (Lipinski definition) is 3. The zero-order valence-corrected chi connectivity index (χ0v) is 22.4. The zero-order valence-electron chi connectivity index (χ0n) is 17.7. The van der Waals surface area contributed by atoms with Crippen LogP contribution in [0.5, 0.6) is 0 Å². The van der Waals surface area contributed by atoms with Crippen molar-refractivity contribution in [3.8, 4) is 0 Å². The van der Waals surface area contributed by atoms with Crippen molar-refractivity contribution in [3.63, 3.8) is 0 Å². The number of benzene rings is 3. The third-order valence-electron chi connectivity index (χ3n) is 5.75. The van der Waals surface area contributed by atoms with Gasteiger partial charge in [0.15, 0.2) is 0 Å². The topological polar surface area (TPSA) is 49.8 Å². The van der Waals surface area contributed by atoms with E-state index in [1.165, 1.54) is 0 Å². The molecule has 2 atom stereocenters. The van der Waals surface area contributed by atoms with E-state index in [1.807, 2.05) is 31.2 Å². The van der Waals surface area contributed by atoms with Crippen LogP contribution in [0.4, 0.5) is 5.69 Å². The van der Waals surface area contributed by atoms with E-state index >= 15 is 0 Å². The molecule has 33 heavy (non-hydrogen) atoms. The lowest BCUT2D eigenvalue weighted by atomic mass is 9.91. The van der Waals surface area contributed by atoms with Crippen LogP contribution in [-0.4, -0.2) is 29.6 Å². The number of alkyl halides is 1. The lowest BCUT2D eigenvalue weighted by Crippen LogP contribution is -2.49. The van der Waals surface area contributed by atoms with Gasteiger partial charge in [0.1, 0.15) is 0 Å². The molecule has 0 saturated carbocycles. The molecular weight excluding hydrogens is 593 g/mol. The van der Waals surface area contributed by atoms with Gasteiger partial charge in [0, 0.05) is 47.6 Å². The monoisotopic (exact) mass is 611 g/mol. The van der Waals surface area contributed by atoms with Crippen LogP contribution in [0.25, 0.3) is 0 Å². The molecule has 3 aromatic rings. The van der Waals surface area contributed by atoms with E-state index in [2.05, 4.69) is 31.9 Å². The first kappa shape index (κ1) is 24.7. The number of anilines is 1. The van der Waals surface area contributed by atoms with Gasteiger partial charge in [0.05, 0.1) is 13.2 Å². The number of carbonyl (C=O) groups is 1. The average Bonchev–Trinajstić information content (AvgIpc) is 3.07. The summed E-state index contributed by atoms with van der Waals surface area (Å²) >= 11 is 19.3. The molecule has 1 amide bonds. The molecule has 8 heteroatoms. The predicted molar refractivity (Wildman–Crippen MR) is 140 cm³/mol. The molecule has 4 rings (SSSR count). The fraction of sp³-hybridized carbons (Fsp3) is 0.240. The minimum absolute atomic E-state index is 0.0863. The highest BCUT2D eigenvalue weighted by atomic mass is 79.9. The summed E-state index contributed by atoms with van der Waals surface area (Å²) in [5.74, 6) is -0.201. The number of aliphatic hydroxyl groups excluding tert-OH is 1. The maximum atomic E-state index is 13.9. The number of aliphatic hydroxyl groups is 1. The quantitative estimate of drug-likeness (QED) is 0.291. The standard InChI is InChI=1S/C25H21Br2Cl2NO3/c1-24(13-26,14-31)15-33-25(16-2-5-18(28)6-3-16)22-11-4-17(27)12-21(22)23(32)30(25)20-9-7-19(29)8-10-20/h2-12,31H,13-15H2,1H3. The molecule has 172 valence electrons. The number of rotatable bonds is 7. The fourth-order valence-corrected chi connectivity index (χ4v) is 4.81. The summed E-state index contributed by atoms with van der Waals surface area (Å²) in [4.78, 5) is 15.5. The van der Waals surface area contributed by atoms with E-state index in [-0.39, 0.29) is 19.1 Å². The zero-order chi connectivity index (χ0) is 23.8. The minimum atomic E-state index is -1.27. The van der Waals surface area contributed by atoms with Crippen molar-refractivity contribution in [2.45, 2.75) is 12.6 Å². The van der Waals surface area contributed by atoms with Gasteiger partial charge in [-0.3, -0.25) is 9.69 Å². The number of halogens is 4. The summed E-state index contributed by atoms with van der Waals surface area (Å²) in [5.41, 5.74) is 0.778. The highest BCUT2D eigenvalue weighted by Gasteiger charge is 2.53. The average molecular weight is 614 g/mol. The second-order valence-electron chi connectivity index (χ2n) is 8.35. The smallest absolute Gasteiger partial charge is 0.261 e. The third-order valence-corrected chi connectivity index (χ3v) is 8.10. The molecule has 1 aliphatic rings. The molecule has 2 unspecified atom stereocenters. The molecule has 0 fully saturated rings. The molecular formula is C25H21Br2Cl2NO3. The summed E-state index contributed by atoms with van der Waals surface area (Å²) in [5, 5.41) is 11.7. The van der Waals surface area contributed by atoms with E-state index in [1.54, 1.807) is 47.4 Å². The fourth-order valence-electron chi connectivity index (χ4n) is 3.85. The summed E-state index contributed by atoms with van der Waals surface area (Å²) in [6.45, 7) is 2.02. The summed E-state index contributed by atoms with van der Waals surface area (Å²) in [6.07, 6.45) is 0. The van der Waals surface area contributed by atoms with Crippen LogP contribution in [0.15, 0.2) is 71.2 Å². The number of fused-ring (bicyclic) bond motifs is 1. The van der Waals surface area contributed by atoms with E-state index in [4.69, 9.17) is 27.9 Å². The molecule has 0 saturated heterocycles. The van der Waals surface area contributed by atoms with Crippen molar-refractivity contribution < 1.29 is 14.6 Å². The SMILES string of the molecule is CC(CO)(CBr)COC1(c2ccc(Cl)cc2)c2ccc(Br)cc2C(=O)N1c1ccc(Cl)cc1. The van der Waals surface area contributed by atoms with Gasteiger partial charge in [0.25, 0.3) is 5.91 Å². The highest BCUT2D eigenvalue weighted by Crippen LogP contribution is 2.49. The van der Waals surface area contributed by atoms with E-state index < -0.39 is 11.1 Å². The first-order chi connectivity index (χ1) is 15.7. The van der Waals surface area contributed by atoms with Gasteiger partial charge in [-0.05, 0) is 48.5 Å². The van der Waals surface area contributed by atoms with Crippen LogP contribution in [0.1, 0.15) is 28.4 Å². The van der Waals surface area contributed by atoms with Gasteiger partial charge in [-0.15, -0.1) is 0 Å². The second-order valence-corrected chi connectivity index (χ2v) is 10.7. The van der Waals surface area contributed by atoms with Crippen molar-refractivity contribution in [2.75, 3.05) is 23.4 Å². The lowest BCUT2D eigenvalue weighted by molar-refractivity contribution is -0.0605. The number of carbonyl (C=O) groups excluding carboxylic acids is 1. The van der Waals surface area contributed by atoms with Gasteiger partial charge in [-0.25, -0.2) is 0 Å². The van der Waals surface area contributed by atoms with Gasteiger partial charge in [-0.2, -0.15) is 0 Å². The third kappa shape index (κ3) is 4.49. The van der Waals surface area contributed by atoms with E-state index in [0.717, 1.165) is 10.0 Å². The Morgan fingerprint density at radius 2 is 1.64 bits per heavy atom. The molecule has 3 aromatic carbocycles. The first-order valence-corrected chi connectivity index (χ1v) is 12.9. The maximum Gasteiger partial charge on any atom is 0.261 e. The molecule has 0 bridgehead atoms. The van der Waals surface area contributed by atoms with Gasteiger partial charge < -0.3 is 9.84 Å². The maximum absolute atomic E-state index is 13.9. The van der Waals surface area contributed by atoms with Gasteiger partial charge in [0.2, 0.25) is 5.72 Å². The van der Waals surface area contributed by atoms with Crippen molar-refractivity contribution >= 4 is 66.7 Å². The number of hydrogen-bond donors (Lipinski definition) is 1. The van der Waals surface area contributed by atoms with Crippen LogP contribution in [0.2, 0.25) is 10.0 Å². The van der Waals surface area contributed by atoms with E-state index in [9.17, 15) is 9.90 Å². The summed E-state index contributed by atoms with van der Waals surface area (Å²) in [7, 11) is 0. The molecule has 0 aliphatic carbocycles. The highest BCUT2D eigenvalue weighted by molar-refractivity contribution is 9.10. The van der Waals surface area contributed by atoms with E-state index in [0.29, 0.717) is 32.2 Å². The Bertz CT molecular complexity index is 1170. The molecule has 1 heterocycles.